The van der Waals surface area contributed by atoms with Gasteiger partial charge < -0.3 is 14.7 Å². The minimum atomic E-state index is -0.865. The summed E-state index contributed by atoms with van der Waals surface area (Å²) < 4.78 is 5.79. The van der Waals surface area contributed by atoms with Crippen LogP contribution in [0.15, 0.2) is 72.9 Å². The summed E-state index contributed by atoms with van der Waals surface area (Å²) in [4.78, 5) is 31.7. The molecular weight excluding hydrogens is 452 g/mol. The molecule has 2 aromatic carbocycles. The average molecular weight is 483 g/mol. The highest BCUT2D eigenvalue weighted by Gasteiger charge is 2.29. The summed E-state index contributed by atoms with van der Waals surface area (Å²) in [5.74, 6) is -1.34. The second-order valence-electron chi connectivity index (χ2n) is 9.55. The summed E-state index contributed by atoms with van der Waals surface area (Å²) in [6, 6.07) is 17.7. The average Bonchev–Trinajstić information content (AvgIpc) is 2.90. The van der Waals surface area contributed by atoms with Crippen LogP contribution in [-0.4, -0.2) is 40.0 Å². The highest BCUT2D eigenvalue weighted by molar-refractivity contribution is 5.94. The van der Waals surface area contributed by atoms with E-state index >= 15 is 0 Å². The number of nitrogens with zero attached hydrogens (tertiary/aromatic N) is 2. The molecule has 7 bridgehead atoms. The SMILES string of the molecule is C[C@@H](C(=O)O)[C@H]1c2ccc(nc2)OCC/C=C/Cc2ccc(cc2)C(=O)N2CCc3ccc1cc3C2. The Morgan fingerprint density at radius 3 is 2.61 bits per heavy atom. The van der Waals surface area contributed by atoms with Crippen LogP contribution in [0.3, 0.4) is 0 Å². The third-order valence-corrected chi connectivity index (χ3v) is 7.15. The molecule has 0 radical (unpaired) electrons. The monoisotopic (exact) mass is 482 g/mol. The van der Waals surface area contributed by atoms with Crippen molar-refractivity contribution in [3.05, 3.63) is 106 Å². The van der Waals surface area contributed by atoms with Crippen molar-refractivity contribution in [2.24, 2.45) is 5.92 Å². The molecule has 0 aliphatic carbocycles. The van der Waals surface area contributed by atoms with Crippen molar-refractivity contribution < 1.29 is 19.4 Å². The van der Waals surface area contributed by atoms with Crippen molar-refractivity contribution in [3.63, 3.8) is 0 Å². The predicted octanol–water partition coefficient (Wildman–Crippen LogP) is 5.01. The fourth-order valence-electron chi connectivity index (χ4n) is 5.05. The Kier molecular flexibility index (Phi) is 6.85. The standard InChI is InChI=1S/C30H30N2O4/c1-20(30(34)35)28-24-11-10-22-14-15-32(19-26(22)17-24)29(33)23-8-6-21(7-9-23)5-3-2-4-16-36-27-13-12-25(28)18-31-27/h2-3,6-13,17-18,20,28H,4-5,14-16,19H2,1H3,(H,34,35)/b3-2+/t20-,28-/m1/s1. The van der Waals surface area contributed by atoms with E-state index in [-0.39, 0.29) is 11.8 Å². The highest BCUT2D eigenvalue weighted by Crippen LogP contribution is 2.35. The number of carbonyl (C=O) groups excluding carboxylic acids is 1. The van der Waals surface area contributed by atoms with Crippen LogP contribution >= 0.6 is 0 Å². The Bertz CT molecular complexity index is 1280. The summed E-state index contributed by atoms with van der Waals surface area (Å²) in [6.45, 7) is 3.40. The second-order valence-corrected chi connectivity index (χ2v) is 9.55. The van der Waals surface area contributed by atoms with Crippen LogP contribution in [-0.2, 0) is 24.2 Å². The Labute approximate surface area is 211 Å². The number of aliphatic carboxylic acids is 1. The van der Waals surface area contributed by atoms with Gasteiger partial charge in [-0.1, -0.05) is 55.5 Å². The summed E-state index contributed by atoms with van der Waals surface area (Å²) >= 11 is 0. The van der Waals surface area contributed by atoms with Crippen molar-refractivity contribution in [3.8, 4) is 5.88 Å². The molecule has 1 N–H and O–H groups in total. The third-order valence-electron chi connectivity index (χ3n) is 7.15. The minimum Gasteiger partial charge on any atom is -0.481 e. The van der Waals surface area contributed by atoms with Gasteiger partial charge in [0, 0.05) is 36.8 Å². The Morgan fingerprint density at radius 1 is 1.06 bits per heavy atom. The second kappa shape index (κ2) is 10.4. The van der Waals surface area contributed by atoms with Crippen molar-refractivity contribution in [2.75, 3.05) is 13.2 Å². The molecule has 0 saturated heterocycles. The molecule has 1 aromatic heterocycles. The molecule has 6 nitrogen and oxygen atoms in total. The molecule has 184 valence electrons. The number of hydrogen-bond donors (Lipinski definition) is 1. The molecule has 0 fully saturated rings. The van der Waals surface area contributed by atoms with E-state index < -0.39 is 11.9 Å². The summed E-state index contributed by atoms with van der Waals surface area (Å²) in [6.07, 6.45) is 8.23. The Hall–Kier alpha value is -3.93. The summed E-state index contributed by atoms with van der Waals surface area (Å²) in [5, 5.41) is 9.88. The first-order valence-electron chi connectivity index (χ1n) is 12.5. The van der Waals surface area contributed by atoms with Crippen LogP contribution < -0.4 is 4.74 Å². The maximum absolute atomic E-state index is 13.3. The number of benzene rings is 2. The van der Waals surface area contributed by atoms with Crippen molar-refractivity contribution in [1.82, 2.24) is 9.88 Å². The smallest absolute Gasteiger partial charge is 0.307 e. The van der Waals surface area contributed by atoms with Crippen LogP contribution in [0.25, 0.3) is 0 Å². The first-order chi connectivity index (χ1) is 17.5. The molecular formula is C30H30N2O4. The first kappa shape index (κ1) is 23.8. The van der Waals surface area contributed by atoms with Crippen LogP contribution in [0.1, 0.15) is 57.4 Å². The quantitative estimate of drug-likeness (QED) is 0.519. The van der Waals surface area contributed by atoms with Gasteiger partial charge in [-0.2, -0.15) is 0 Å². The van der Waals surface area contributed by atoms with Gasteiger partial charge in [0.2, 0.25) is 5.88 Å². The van der Waals surface area contributed by atoms with E-state index in [4.69, 9.17) is 4.74 Å². The minimum absolute atomic E-state index is 0.0198. The molecule has 6 heteroatoms. The zero-order valence-corrected chi connectivity index (χ0v) is 20.4. The topological polar surface area (TPSA) is 79.7 Å². The first-order valence-corrected chi connectivity index (χ1v) is 12.5. The van der Waals surface area contributed by atoms with Gasteiger partial charge >= 0.3 is 5.97 Å². The lowest BCUT2D eigenvalue weighted by Crippen LogP contribution is -2.36. The van der Waals surface area contributed by atoms with Crippen molar-refractivity contribution in [2.45, 2.75) is 38.6 Å². The Morgan fingerprint density at radius 2 is 1.86 bits per heavy atom. The summed E-state index contributed by atoms with van der Waals surface area (Å²) in [7, 11) is 0. The van der Waals surface area contributed by atoms with Gasteiger partial charge in [-0.3, -0.25) is 9.59 Å². The van der Waals surface area contributed by atoms with Gasteiger partial charge in [0.25, 0.3) is 5.91 Å². The van der Waals surface area contributed by atoms with Gasteiger partial charge in [-0.05, 0) is 59.2 Å². The van der Waals surface area contributed by atoms with Crippen LogP contribution in [0.4, 0.5) is 0 Å². The van der Waals surface area contributed by atoms with Crippen molar-refractivity contribution in [1.29, 1.82) is 0 Å². The Balaban J connectivity index is 1.54. The molecule has 2 atom stereocenters. The maximum Gasteiger partial charge on any atom is 0.307 e. The number of hydrogen-bond acceptors (Lipinski definition) is 4. The number of allylic oxidation sites excluding steroid dienone is 1. The van der Waals surface area contributed by atoms with E-state index in [1.54, 1.807) is 13.1 Å². The molecule has 3 aromatic rings. The lowest BCUT2D eigenvalue weighted by Gasteiger charge is -2.30. The van der Waals surface area contributed by atoms with E-state index in [2.05, 4.69) is 29.3 Å². The molecule has 0 saturated carbocycles. The lowest BCUT2D eigenvalue weighted by atomic mass is 9.80. The molecule has 0 unspecified atom stereocenters. The van der Waals surface area contributed by atoms with Gasteiger partial charge in [0.05, 0.1) is 12.5 Å². The van der Waals surface area contributed by atoms with E-state index in [1.807, 2.05) is 47.4 Å². The summed E-state index contributed by atoms with van der Waals surface area (Å²) in [5.41, 5.74) is 5.84. The molecule has 1 amide bonds. The molecule has 5 aliphatic rings. The molecule has 8 rings (SSSR count). The predicted molar refractivity (Wildman–Crippen MR) is 137 cm³/mol. The van der Waals surface area contributed by atoms with Crippen LogP contribution in [0.5, 0.6) is 5.88 Å². The molecule has 6 heterocycles. The largest absolute Gasteiger partial charge is 0.481 e. The van der Waals surface area contributed by atoms with Gasteiger partial charge in [-0.15, -0.1) is 0 Å². The number of carboxylic acids is 1. The lowest BCUT2D eigenvalue weighted by molar-refractivity contribution is -0.141. The number of aromatic nitrogens is 1. The molecule has 36 heavy (non-hydrogen) atoms. The highest BCUT2D eigenvalue weighted by atomic mass is 16.5. The van der Waals surface area contributed by atoms with E-state index in [1.165, 1.54) is 5.56 Å². The molecule has 5 aliphatic heterocycles. The number of amides is 1. The fourth-order valence-corrected chi connectivity index (χ4v) is 5.05. The number of carbonyl (C=O) groups is 2. The third kappa shape index (κ3) is 5.03. The van der Waals surface area contributed by atoms with Gasteiger partial charge in [-0.25, -0.2) is 4.98 Å². The zero-order valence-electron chi connectivity index (χ0n) is 20.4. The van der Waals surface area contributed by atoms with Crippen LogP contribution in [0.2, 0.25) is 0 Å². The number of ether oxygens (including phenoxy) is 1. The zero-order chi connectivity index (χ0) is 25.1. The van der Waals surface area contributed by atoms with Gasteiger partial charge in [0.1, 0.15) is 0 Å². The number of carboxylic acid groups (broad SMARTS) is 1. The van der Waals surface area contributed by atoms with Crippen LogP contribution in [0, 0.1) is 5.92 Å². The normalized spacial score (nSPS) is 19.4. The molecule has 0 spiro atoms. The maximum atomic E-state index is 13.3. The fraction of sp³-hybridized carbons (Fsp3) is 0.300. The van der Waals surface area contributed by atoms with E-state index in [9.17, 15) is 14.7 Å². The van der Waals surface area contributed by atoms with E-state index in [0.717, 1.165) is 41.5 Å². The van der Waals surface area contributed by atoms with Crippen molar-refractivity contribution >= 4 is 11.9 Å². The van der Waals surface area contributed by atoms with E-state index in [0.29, 0.717) is 31.1 Å². The van der Waals surface area contributed by atoms with Gasteiger partial charge in [0.15, 0.2) is 0 Å². The number of pyridine rings is 1. The number of rotatable bonds is 2.